The van der Waals surface area contributed by atoms with E-state index in [9.17, 15) is 0 Å². The van der Waals surface area contributed by atoms with Crippen LogP contribution in [-0.4, -0.2) is 23.2 Å². The third-order valence-corrected chi connectivity index (χ3v) is 2.95. The molecule has 2 rings (SSSR count). The predicted molar refractivity (Wildman–Crippen MR) is 73.9 cm³/mol. The molecule has 0 unspecified atom stereocenters. The molecule has 98 valence electrons. The molecule has 0 spiro atoms. The number of nitrogens with zero attached hydrogens (tertiary/aromatic N) is 2. The predicted octanol–water partition coefficient (Wildman–Crippen LogP) is 2.20. The zero-order valence-electron chi connectivity index (χ0n) is 11.3. The molecular formula is C14H21N3O. The summed E-state index contributed by atoms with van der Waals surface area (Å²) in [5, 5.41) is 0. The van der Waals surface area contributed by atoms with E-state index >= 15 is 0 Å². The van der Waals surface area contributed by atoms with Crippen molar-refractivity contribution < 1.29 is 4.74 Å². The fourth-order valence-electron chi connectivity index (χ4n) is 2.18. The Kier molecular flexibility index (Phi) is 3.87. The summed E-state index contributed by atoms with van der Waals surface area (Å²) in [7, 11) is 1.67. The number of methoxy groups -OCH3 is 1. The Bertz CT molecular complexity index is 531. The van der Waals surface area contributed by atoms with Crippen molar-refractivity contribution in [1.29, 1.82) is 0 Å². The zero-order valence-corrected chi connectivity index (χ0v) is 11.3. The molecule has 1 aromatic heterocycles. The van der Waals surface area contributed by atoms with E-state index in [1.807, 2.05) is 12.1 Å². The Hall–Kier alpha value is -1.55. The van der Waals surface area contributed by atoms with Gasteiger partial charge in [-0.1, -0.05) is 13.8 Å². The molecule has 0 aliphatic rings. The number of imidazole rings is 1. The van der Waals surface area contributed by atoms with E-state index in [0.29, 0.717) is 12.5 Å². The van der Waals surface area contributed by atoms with E-state index in [0.717, 1.165) is 35.6 Å². The molecule has 4 heteroatoms. The molecule has 0 bridgehead atoms. The summed E-state index contributed by atoms with van der Waals surface area (Å²) >= 11 is 0. The maximum Gasteiger partial charge on any atom is 0.121 e. The van der Waals surface area contributed by atoms with Crippen molar-refractivity contribution in [3.05, 3.63) is 24.0 Å². The highest BCUT2D eigenvalue weighted by atomic mass is 16.5. The molecule has 1 heterocycles. The highest BCUT2D eigenvalue weighted by molar-refractivity contribution is 5.77. The molecule has 0 aliphatic heterocycles. The summed E-state index contributed by atoms with van der Waals surface area (Å²) in [6, 6.07) is 6.03. The molecule has 0 aliphatic carbocycles. The first-order chi connectivity index (χ1) is 8.65. The van der Waals surface area contributed by atoms with Gasteiger partial charge in [-0.2, -0.15) is 0 Å². The van der Waals surface area contributed by atoms with Gasteiger partial charge in [0.2, 0.25) is 0 Å². The van der Waals surface area contributed by atoms with Crippen LogP contribution in [0.15, 0.2) is 18.2 Å². The van der Waals surface area contributed by atoms with Crippen molar-refractivity contribution in [2.75, 3.05) is 13.7 Å². The monoisotopic (exact) mass is 247 g/mol. The Morgan fingerprint density at radius 2 is 2.17 bits per heavy atom. The second-order valence-electron chi connectivity index (χ2n) is 4.93. The molecule has 0 radical (unpaired) electrons. The van der Waals surface area contributed by atoms with Gasteiger partial charge in [-0.3, -0.25) is 0 Å². The molecule has 2 aromatic rings. The van der Waals surface area contributed by atoms with Crippen LogP contribution in [0.3, 0.4) is 0 Å². The summed E-state index contributed by atoms with van der Waals surface area (Å²) in [5.74, 6) is 2.49. The minimum absolute atomic E-state index is 0.584. The number of nitrogens with two attached hydrogens (primary N) is 1. The average Bonchev–Trinajstić information content (AvgIpc) is 2.66. The molecular weight excluding hydrogens is 226 g/mol. The van der Waals surface area contributed by atoms with Gasteiger partial charge in [0, 0.05) is 19.0 Å². The van der Waals surface area contributed by atoms with Gasteiger partial charge in [0.1, 0.15) is 11.6 Å². The lowest BCUT2D eigenvalue weighted by atomic mass is 10.2. The number of hydrogen-bond acceptors (Lipinski definition) is 3. The fourth-order valence-corrected chi connectivity index (χ4v) is 2.18. The number of rotatable bonds is 5. The van der Waals surface area contributed by atoms with Crippen molar-refractivity contribution in [2.24, 2.45) is 11.7 Å². The lowest BCUT2D eigenvalue weighted by Gasteiger charge is -2.11. The molecule has 2 N–H and O–H groups in total. The van der Waals surface area contributed by atoms with Crippen molar-refractivity contribution in [2.45, 2.75) is 26.8 Å². The van der Waals surface area contributed by atoms with Crippen molar-refractivity contribution in [3.8, 4) is 5.75 Å². The Labute approximate surface area is 108 Å². The first kappa shape index (κ1) is 12.9. The molecule has 0 saturated carbocycles. The third kappa shape index (κ3) is 2.48. The summed E-state index contributed by atoms with van der Waals surface area (Å²) in [4.78, 5) is 4.67. The molecule has 0 amide bonds. The molecule has 0 fully saturated rings. The van der Waals surface area contributed by atoms with Crippen molar-refractivity contribution in [1.82, 2.24) is 9.55 Å². The molecule has 0 saturated heterocycles. The molecule has 0 atom stereocenters. The van der Waals surface area contributed by atoms with Gasteiger partial charge in [-0.05, 0) is 24.6 Å². The Morgan fingerprint density at radius 1 is 1.39 bits per heavy atom. The van der Waals surface area contributed by atoms with Crippen LogP contribution in [0.1, 0.15) is 19.7 Å². The van der Waals surface area contributed by atoms with Crippen LogP contribution in [0.5, 0.6) is 5.75 Å². The van der Waals surface area contributed by atoms with E-state index in [1.54, 1.807) is 7.11 Å². The van der Waals surface area contributed by atoms with E-state index in [2.05, 4.69) is 29.5 Å². The van der Waals surface area contributed by atoms with E-state index in [1.165, 1.54) is 0 Å². The van der Waals surface area contributed by atoms with Gasteiger partial charge < -0.3 is 15.0 Å². The number of hydrogen-bond donors (Lipinski definition) is 1. The smallest absolute Gasteiger partial charge is 0.121 e. The number of aromatic nitrogens is 2. The highest BCUT2D eigenvalue weighted by Gasteiger charge is 2.11. The Balaban J connectivity index is 2.52. The summed E-state index contributed by atoms with van der Waals surface area (Å²) in [5.41, 5.74) is 7.80. The average molecular weight is 247 g/mol. The lowest BCUT2D eigenvalue weighted by molar-refractivity contribution is 0.415. The quantitative estimate of drug-likeness (QED) is 0.881. The van der Waals surface area contributed by atoms with Crippen LogP contribution in [0.2, 0.25) is 0 Å². The first-order valence-corrected chi connectivity index (χ1v) is 6.39. The van der Waals surface area contributed by atoms with Gasteiger partial charge >= 0.3 is 0 Å². The van der Waals surface area contributed by atoms with E-state index in [4.69, 9.17) is 10.5 Å². The van der Waals surface area contributed by atoms with Gasteiger partial charge in [0.15, 0.2) is 0 Å². The largest absolute Gasteiger partial charge is 0.497 e. The van der Waals surface area contributed by atoms with Crippen molar-refractivity contribution in [3.63, 3.8) is 0 Å². The second-order valence-corrected chi connectivity index (χ2v) is 4.93. The standard InChI is InChI=1S/C14H21N3O/c1-10(2)9-17-13-5-4-11(18-3)8-12(13)16-14(17)6-7-15/h4-5,8,10H,6-7,9,15H2,1-3H3. The molecule has 4 nitrogen and oxygen atoms in total. The highest BCUT2D eigenvalue weighted by Crippen LogP contribution is 2.23. The number of ether oxygens (including phenoxy) is 1. The first-order valence-electron chi connectivity index (χ1n) is 6.39. The zero-order chi connectivity index (χ0) is 13.1. The van der Waals surface area contributed by atoms with Gasteiger partial charge in [0.25, 0.3) is 0 Å². The van der Waals surface area contributed by atoms with Gasteiger partial charge in [-0.25, -0.2) is 4.98 Å². The van der Waals surface area contributed by atoms with Crippen LogP contribution in [0.25, 0.3) is 11.0 Å². The van der Waals surface area contributed by atoms with Gasteiger partial charge in [0.05, 0.1) is 18.1 Å². The fraction of sp³-hybridized carbons (Fsp3) is 0.500. The molecule has 18 heavy (non-hydrogen) atoms. The van der Waals surface area contributed by atoms with Gasteiger partial charge in [-0.15, -0.1) is 0 Å². The molecule has 1 aromatic carbocycles. The number of fused-ring (bicyclic) bond motifs is 1. The van der Waals surface area contributed by atoms with Crippen LogP contribution < -0.4 is 10.5 Å². The van der Waals surface area contributed by atoms with E-state index < -0.39 is 0 Å². The van der Waals surface area contributed by atoms with Crippen LogP contribution >= 0.6 is 0 Å². The van der Waals surface area contributed by atoms with Crippen LogP contribution in [-0.2, 0) is 13.0 Å². The summed E-state index contributed by atoms with van der Waals surface area (Å²) in [6.45, 7) is 6.01. The van der Waals surface area contributed by atoms with Crippen LogP contribution in [0.4, 0.5) is 0 Å². The summed E-state index contributed by atoms with van der Waals surface area (Å²) in [6.07, 6.45) is 0.809. The second kappa shape index (κ2) is 5.40. The maximum absolute atomic E-state index is 5.66. The maximum atomic E-state index is 5.66. The minimum Gasteiger partial charge on any atom is -0.497 e. The number of benzene rings is 1. The SMILES string of the molecule is COc1ccc2c(c1)nc(CCN)n2CC(C)C. The minimum atomic E-state index is 0.584. The van der Waals surface area contributed by atoms with Crippen LogP contribution in [0, 0.1) is 5.92 Å². The lowest BCUT2D eigenvalue weighted by Crippen LogP contribution is -2.12. The van der Waals surface area contributed by atoms with Crippen molar-refractivity contribution >= 4 is 11.0 Å². The summed E-state index contributed by atoms with van der Waals surface area (Å²) < 4.78 is 7.51. The normalized spacial score (nSPS) is 11.4. The third-order valence-electron chi connectivity index (χ3n) is 2.95. The topological polar surface area (TPSA) is 53.1 Å². The van der Waals surface area contributed by atoms with E-state index in [-0.39, 0.29) is 0 Å². The Morgan fingerprint density at radius 3 is 2.78 bits per heavy atom.